The Kier molecular flexibility index (Phi) is 3.60. The van der Waals surface area contributed by atoms with E-state index in [2.05, 4.69) is 51.3 Å². The third-order valence-corrected chi connectivity index (χ3v) is 4.00. The van der Waals surface area contributed by atoms with E-state index in [1.807, 2.05) is 0 Å². The molecule has 1 aromatic heterocycles. The van der Waals surface area contributed by atoms with Crippen LogP contribution < -0.4 is 0 Å². The largest absolute Gasteiger partial charge is 0.289 e. The molecular weight excluding hydrogens is 236 g/mol. The first kappa shape index (κ1) is 12.4. The second-order valence-corrected chi connectivity index (χ2v) is 5.28. The summed E-state index contributed by atoms with van der Waals surface area (Å²) in [7, 11) is 0. The highest BCUT2D eigenvalue weighted by Crippen LogP contribution is 2.30. The van der Waals surface area contributed by atoms with Crippen molar-refractivity contribution in [3.8, 4) is 0 Å². The number of hydrogen-bond donors (Lipinski definition) is 1. The zero-order valence-corrected chi connectivity index (χ0v) is 11.3. The van der Waals surface area contributed by atoms with Gasteiger partial charge in [0.05, 0.1) is 6.04 Å². The first-order chi connectivity index (χ1) is 9.34. The number of benzene rings is 1. The third kappa shape index (κ3) is 2.68. The van der Waals surface area contributed by atoms with E-state index in [4.69, 9.17) is 0 Å². The average molecular weight is 256 g/mol. The fraction of sp³-hybridized carbons (Fsp3) is 0.467. The van der Waals surface area contributed by atoms with Gasteiger partial charge in [-0.2, -0.15) is 5.10 Å². The highest BCUT2D eigenvalue weighted by Gasteiger charge is 2.26. The van der Waals surface area contributed by atoms with Gasteiger partial charge >= 0.3 is 0 Å². The summed E-state index contributed by atoms with van der Waals surface area (Å²) in [5.74, 6) is 1.01. The van der Waals surface area contributed by atoms with Crippen LogP contribution in [0.3, 0.4) is 0 Å². The average Bonchev–Trinajstić information content (AvgIpc) is 2.96. The minimum absolute atomic E-state index is 0.385. The predicted octanol–water partition coefficient (Wildman–Crippen LogP) is 2.84. The number of piperidine rings is 1. The van der Waals surface area contributed by atoms with Crippen molar-refractivity contribution in [2.45, 2.75) is 38.8 Å². The zero-order valence-electron chi connectivity index (χ0n) is 11.3. The van der Waals surface area contributed by atoms with Crippen LogP contribution in [-0.2, 0) is 6.54 Å². The molecule has 0 radical (unpaired) electrons. The van der Waals surface area contributed by atoms with Crippen molar-refractivity contribution in [1.82, 2.24) is 20.1 Å². The Hall–Kier alpha value is -1.68. The molecule has 4 nitrogen and oxygen atoms in total. The van der Waals surface area contributed by atoms with Gasteiger partial charge in [0.1, 0.15) is 12.2 Å². The molecule has 1 aliphatic heterocycles. The molecule has 1 aliphatic rings. The number of aromatic amines is 1. The Morgan fingerprint density at radius 3 is 3.00 bits per heavy atom. The molecule has 0 aliphatic carbocycles. The first-order valence-corrected chi connectivity index (χ1v) is 6.98. The number of likely N-dealkylation sites (tertiary alicyclic amines) is 1. The summed E-state index contributed by atoms with van der Waals surface area (Å²) in [6, 6.07) is 9.01. The molecule has 0 amide bonds. The highest BCUT2D eigenvalue weighted by molar-refractivity contribution is 5.25. The van der Waals surface area contributed by atoms with Crippen LogP contribution in [0.1, 0.15) is 42.3 Å². The predicted molar refractivity (Wildman–Crippen MR) is 74.6 cm³/mol. The number of nitrogens with one attached hydrogen (secondary N) is 1. The topological polar surface area (TPSA) is 44.8 Å². The standard InChI is InChI=1S/C15H20N4/c1-12-6-2-3-7-13(12)10-19-9-5-4-8-14(19)15-16-11-17-18-15/h2-3,6-7,11,14H,4-5,8-10H2,1H3,(H,16,17,18)/t14-/m1/s1. The molecule has 2 heterocycles. The smallest absolute Gasteiger partial charge is 0.141 e. The summed E-state index contributed by atoms with van der Waals surface area (Å²) in [5, 5.41) is 7.03. The van der Waals surface area contributed by atoms with Crippen LogP contribution in [0.5, 0.6) is 0 Å². The summed E-state index contributed by atoms with van der Waals surface area (Å²) >= 11 is 0. The lowest BCUT2D eigenvalue weighted by Crippen LogP contribution is -2.33. The molecule has 0 unspecified atom stereocenters. The van der Waals surface area contributed by atoms with Gasteiger partial charge in [0.2, 0.25) is 0 Å². The van der Waals surface area contributed by atoms with E-state index in [1.165, 1.54) is 30.4 Å². The van der Waals surface area contributed by atoms with Crippen molar-refractivity contribution in [2.75, 3.05) is 6.54 Å². The molecule has 19 heavy (non-hydrogen) atoms. The van der Waals surface area contributed by atoms with Gasteiger partial charge in [-0.15, -0.1) is 0 Å². The van der Waals surface area contributed by atoms with Gasteiger partial charge in [-0.1, -0.05) is 30.7 Å². The summed E-state index contributed by atoms with van der Waals surface area (Å²) in [5.41, 5.74) is 2.78. The Bertz CT molecular complexity index is 521. The molecule has 3 rings (SSSR count). The molecule has 1 N–H and O–H groups in total. The van der Waals surface area contributed by atoms with Crippen molar-refractivity contribution in [1.29, 1.82) is 0 Å². The second-order valence-electron chi connectivity index (χ2n) is 5.28. The highest BCUT2D eigenvalue weighted by atomic mass is 15.3. The van der Waals surface area contributed by atoms with E-state index in [0.29, 0.717) is 6.04 Å². The number of aryl methyl sites for hydroxylation is 1. The minimum Gasteiger partial charge on any atom is -0.289 e. The van der Waals surface area contributed by atoms with Gasteiger partial charge in [0.15, 0.2) is 0 Å². The van der Waals surface area contributed by atoms with E-state index in [0.717, 1.165) is 18.9 Å². The number of nitrogens with zero attached hydrogens (tertiary/aromatic N) is 3. The van der Waals surface area contributed by atoms with Crippen LogP contribution in [0.15, 0.2) is 30.6 Å². The van der Waals surface area contributed by atoms with E-state index < -0.39 is 0 Å². The molecule has 0 spiro atoms. The van der Waals surface area contributed by atoms with Crippen LogP contribution in [0.2, 0.25) is 0 Å². The molecule has 100 valence electrons. The van der Waals surface area contributed by atoms with Crippen LogP contribution in [-0.4, -0.2) is 26.6 Å². The van der Waals surface area contributed by atoms with Gasteiger partial charge in [-0.3, -0.25) is 10.00 Å². The van der Waals surface area contributed by atoms with Gasteiger partial charge in [-0.05, 0) is 37.4 Å². The second kappa shape index (κ2) is 5.53. The van der Waals surface area contributed by atoms with Crippen LogP contribution >= 0.6 is 0 Å². The maximum Gasteiger partial charge on any atom is 0.141 e. The molecule has 1 fully saturated rings. The fourth-order valence-corrected chi connectivity index (χ4v) is 2.87. The van der Waals surface area contributed by atoms with E-state index in [1.54, 1.807) is 6.33 Å². The Labute approximate surface area is 113 Å². The number of rotatable bonds is 3. The lowest BCUT2D eigenvalue weighted by Gasteiger charge is -2.34. The first-order valence-electron chi connectivity index (χ1n) is 6.98. The van der Waals surface area contributed by atoms with Gasteiger partial charge < -0.3 is 0 Å². The van der Waals surface area contributed by atoms with Crippen molar-refractivity contribution < 1.29 is 0 Å². The van der Waals surface area contributed by atoms with Gasteiger partial charge in [-0.25, -0.2) is 4.98 Å². The summed E-state index contributed by atoms with van der Waals surface area (Å²) < 4.78 is 0. The molecule has 4 heteroatoms. The van der Waals surface area contributed by atoms with Gasteiger partial charge in [0.25, 0.3) is 0 Å². The summed E-state index contributed by atoms with van der Waals surface area (Å²) in [4.78, 5) is 6.87. The fourth-order valence-electron chi connectivity index (χ4n) is 2.87. The quantitative estimate of drug-likeness (QED) is 0.918. The monoisotopic (exact) mass is 256 g/mol. The van der Waals surface area contributed by atoms with Crippen molar-refractivity contribution in [3.05, 3.63) is 47.5 Å². The minimum atomic E-state index is 0.385. The molecule has 1 saturated heterocycles. The van der Waals surface area contributed by atoms with E-state index in [9.17, 15) is 0 Å². The lowest BCUT2D eigenvalue weighted by molar-refractivity contribution is 0.134. The van der Waals surface area contributed by atoms with Crippen LogP contribution in [0.4, 0.5) is 0 Å². The van der Waals surface area contributed by atoms with Crippen molar-refractivity contribution >= 4 is 0 Å². The summed E-state index contributed by atoms with van der Waals surface area (Å²) in [6.45, 7) is 4.32. The maximum absolute atomic E-state index is 4.35. The number of H-pyrrole nitrogens is 1. The van der Waals surface area contributed by atoms with Crippen LogP contribution in [0.25, 0.3) is 0 Å². The Morgan fingerprint density at radius 2 is 2.21 bits per heavy atom. The molecule has 0 bridgehead atoms. The molecular formula is C15H20N4. The Morgan fingerprint density at radius 1 is 1.32 bits per heavy atom. The van der Waals surface area contributed by atoms with Crippen LogP contribution in [0, 0.1) is 6.92 Å². The third-order valence-electron chi connectivity index (χ3n) is 4.00. The molecule has 1 atom stereocenters. The zero-order chi connectivity index (χ0) is 13.1. The molecule has 1 aromatic carbocycles. The van der Waals surface area contributed by atoms with Crippen molar-refractivity contribution in [2.24, 2.45) is 0 Å². The van der Waals surface area contributed by atoms with Gasteiger partial charge in [0, 0.05) is 6.54 Å². The van der Waals surface area contributed by atoms with Crippen molar-refractivity contribution in [3.63, 3.8) is 0 Å². The Balaban J connectivity index is 1.80. The number of hydrogen-bond acceptors (Lipinski definition) is 3. The maximum atomic E-state index is 4.35. The van der Waals surface area contributed by atoms with E-state index >= 15 is 0 Å². The van der Waals surface area contributed by atoms with E-state index in [-0.39, 0.29) is 0 Å². The molecule has 2 aromatic rings. The summed E-state index contributed by atoms with van der Waals surface area (Å²) in [6.07, 6.45) is 5.32. The number of aromatic nitrogens is 3. The normalized spacial score (nSPS) is 20.6. The molecule has 0 saturated carbocycles. The SMILES string of the molecule is Cc1ccccc1CN1CCCC[C@@H]1c1ncn[nH]1. The lowest BCUT2D eigenvalue weighted by atomic mass is 9.99.